The monoisotopic (exact) mass is 578 g/mol. The third-order valence-corrected chi connectivity index (χ3v) is 7.44. The van der Waals surface area contributed by atoms with E-state index in [4.69, 9.17) is 25.8 Å². The number of rotatable bonds is 13. The van der Waals surface area contributed by atoms with Crippen molar-refractivity contribution in [3.63, 3.8) is 0 Å². The highest BCUT2D eigenvalue weighted by molar-refractivity contribution is 7.99. The van der Waals surface area contributed by atoms with Crippen LogP contribution >= 0.6 is 34.7 Å². The van der Waals surface area contributed by atoms with Gasteiger partial charge in [-0.25, -0.2) is 9.59 Å². The van der Waals surface area contributed by atoms with E-state index >= 15 is 0 Å². The van der Waals surface area contributed by atoms with Crippen molar-refractivity contribution in [1.29, 1.82) is 0 Å². The summed E-state index contributed by atoms with van der Waals surface area (Å²) in [6.45, 7) is 9.59. The van der Waals surface area contributed by atoms with E-state index in [1.807, 2.05) is 6.07 Å². The number of ether oxygens (including phenoxy) is 3. The Balaban J connectivity index is 1.73. The molecule has 0 spiro atoms. The maximum absolute atomic E-state index is 12.8. The Morgan fingerprint density at radius 3 is 2.55 bits per heavy atom. The number of para-hydroxylation sites is 1. The Kier molecular flexibility index (Phi) is 10.7. The molecule has 0 saturated carbocycles. The third kappa shape index (κ3) is 7.15. The van der Waals surface area contributed by atoms with Crippen molar-refractivity contribution in [2.75, 3.05) is 24.3 Å². The quantitative estimate of drug-likeness (QED) is 0.167. The number of anilines is 1. The van der Waals surface area contributed by atoms with Crippen LogP contribution in [0.4, 0.5) is 5.00 Å². The molecule has 10 nitrogen and oxygen atoms in total. The fourth-order valence-electron chi connectivity index (χ4n) is 3.28. The number of thiophene rings is 1. The lowest BCUT2D eigenvalue weighted by Crippen LogP contribution is -2.17. The summed E-state index contributed by atoms with van der Waals surface area (Å²) in [5.74, 6) is -0.589. The molecular formula is C25H27ClN4O6S2. The average molecular weight is 579 g/mol. The van der Waals surface area contributed by atoms with Crippen LogP contribution in [0.2, 0.25) is 5.02 Å². The number of benzene rings is 1. The minimum atomic E-state index is -0.631. The van der Waals surface area contributed by atoms with Gasteiger partial charge in [0.2, 0.25) is 5.91 Å². The first-order chi connectivity index (χ1) is 18.3. The Hall–Kier alpha value is -3.35. The highest BCUT2D eigenvalue weighted by Gasteiger charge is 2.27. The number of allylic oxidation sites excluding steroid dienone is 1. The molecule has 2 heterocycles. The second kappa shape index (κ2) is 14.0. The smallest absolute Gasteiger partial charge is 0.348 e. The lowest BCUT2D eigenvalue weighted by Gasteiger charge is -2.10. The molecule has 0 atom stereocenters. The van der Waals surface area contributed by atoms with Gasteiger partial charge >= 0.3 is 11.9 Å². The van der Waals surface area contributed by atoms with Crippen molar-refractivity contribution in [2.45, 2.75) is 39.1 Å². The summed E-state index contributed by atoms with van der Waals surface area (Å²) in [6.07, 6.45) is 1.68. The van der Waals surface area contributed by atoms with Crippen molar-refractivity contribution in [1.82, 2.24) is 14.8 Å². The van der Waals surface area contributed by atoms with Crippen LogP contribution in [0, 0.1) is 6.92 Å². The first-order valence-corrected chi connectivity index (χ1v) is 13.8. The summed E-state index contributed by atoms with van der Waals surface area (Å²) in [7, 11) is 0. The van der Waals surface area contributed by atoms with Gasteiger partial charge in [-0.3, -0.25) is 9.36 Å². The van der Waals surface area contributed by atoms with Gasteiger partial charge < -0.3 is 19.5 Å². The predicted molar refractivity (Wildman–Crippen MR) is 146 cm³/mol. The molecule has 0 aliphatic carbocycles. The van der Waals surface area contributed by atoms with E-state index in [9.17, 15) is 14.4 Å². The zero-order valence-corrected chi connectivity index (χ0v) is 23.5. The number of carbonyl (C=O) groups excluding carboxylic acids is 3. The first kappa shape index (κ1) is 29.2. The van der Waals surface area contributed by atoms with E-state index in [1.54, 1.807) is 49.6 Å². The van der Waals surface area contributed by atoms with Gasteiger partial charge in [0.25, 0.3) is 0 Å². The van der Waals surface area contributed by atoms with Crippen LogP contribution in [0.5, 0.6) is 5.75 Å². The molecule has 38 heavy (non-hydrogen) atoms. The summed E-state index contributed by atoms with van der Waals surface area (Å²) in [6, 6.07) is 7.10. The number of carbonyl (C=O) groups is 3. The van der Waals surface area contributed by atoms with Crippen molar-refractivity contribution in [3.05, 3.63) is 63.8 Å². The number of amides is 1. The van der Waals surface area contributed by atoms with E-state index in [0.29, 0.717) is 33.9 Å². The number of halogens is 1. The summed E-state index contributed by atoms with van der Waals surface area (Å²) < 4.78 is 17.8. The van der Waals surface area contributed by atoms with Gasteiger partial charge in [0.05, 0.1) is 29.6 Å². The fraction of sp³-hybridized carbons (Fsp3) is 0.320. The normalized spacial score (nSPS) is 10.6. The Morgan fingerprint density at radius 2 is 1.87 bits per heavy atom. The number of esters is 2. The van der Waals surface area contributed by atoms with Crippen molar-refractivity contribution in [3.8, 4) is 5.75 Å². The van der Waals surface area contributed by atoms with E-state index < -0.39 is 17.8 Å². The molecule has 0 unspecified atom stereocenters. The molecule has 3 rings (SSSR count). The Bertz CT molecular complexity index is 1320. The number of thioether (sulfide) groups is 1. The maximum atomic E-state index is 12.8. The number of aromatic nitrogens is 3. The molecule has 2 aromatic heterocycles. The molecule has 0 saturated heterocycles. The highest BCUT2D eigenvalue weighted by atomic mass is 35.5. The van der Waals surface area contributed by atoms with Crippen molar-refractivity contribution >= 4 is 57.5 Å². The highest BCUT2D eigenvalue weighted by Crippen LogP contribution is 2.34. The summed E-state index contributed by atoms with van der Waals surface area (Å²) in [5.41, 5.74) is 0.524. The molecule has 1 N–H and O–H groups in total. The molecule has 0 radical (unpaired) electrons. The topological polar surface area (TPSA) is 122 Å². The van der Waals surface area contributed by atoms with Gasteiger partial charge in [-0.2, -0.15) is 0 Å². The van der Waals surface area contributed by atoms with E-state index in [2.05, 4.69) is 22.1 Å². The Morgan fingerprint density at radius 1 is 1.16 bits per heavy atom. The standard InChI is InChI=1S/C25H27ClN4O6S2/c1-5-12-30-18(13-36-17-11-9-8-10-16(17)26)28-29-25(30)37-14-19(31)27-22-20(23(32)34-6-2)15(4)21(38-22)24(33)35-7-3/h5,8-11H,1,6-7,12-14H2,2-4H3,(H,27,31). The Labute approximate surface area is 233 Å². The second-order valence-corrected chi connectivity index (χ2v) is 9.93. The van der Waals surface area contributed by atoms with Gasteiger partial charge in [0, 0.05) is 6.54 Å². The van der Waals surface area contributed by atoms with Crippen LogP contribution in [0.15, 0.2) is 42.1 Å². The number of nitrogens with zero attached hydrogens (tertiary/aromatic N) is 3. The summed E-state index contributed by atoms with van der Waals surface area (Å²) in [4.78, 5) is 38.0. The lowest BCUT2D eigenvalue weighted by molar-refractivity contribution is -0.113. The molecule has 0 aliphatic heterocycles. The molecule has 3 aromatic rings. The summed E-state index contributed by atoms with van der Waals surface area (Å²) in [5, 5.41) is 12.3. The van der Waals surface area contributed by atoms with Crippen LogP contribution in [0.1, 0.15) is 45.3 Å². The van der Waals surface area contributed by atoms with Gasteiger partial charge in [-0.1, -0.05) is 41.6 Å². The second-order valence-electron chi connectivity index (χ2n) is 7.56. The molecule has 202 valence electrons. The molecule has 1 aromatic carbocycles. The molecule has 0 bridgehead atoms. The van der Waals surface area contributed by atoms with Crippen LogP contribution < -0.4 is 10.1 Å². The van der Waals surface area contributed by atoms with E-state index in [0.717, 1.165) is 23.1 Å². The lowest BCUT2D eigenvalue weighted by atomic mass is 10.1. The average Bonchev–Trinajstić information content (AvgIpc) is 3.42. The SMILES string of the molecule is C=CCn1c(COc2ccccc2Cl)nnc1SCC(=O)Nc1sc(C(=O)OCC)c(C)c1C(=O)OCC. The number of hydrogen-bond donors (Lipinski definition) is 1. The molecule has 13 heteroatoms. The van der Waals surface area contributed by atoms with Crippen LogP contribution in [0.25, 0.3) is 0 Å². The number of nitrogens with one attached hydrogen (secondary N) is 1. The zero-order chi connectivity index (χ0) is 27.7. The third-order valence-electron chi connectivity index (χ3n) is 4.97. The van der Waals surface area contributed by atoms with Gasteiger partial charge in [-0.05, 0) is 38.5 Å². The molecule has 0 aliphatic rings. The minimum absolute atomic E-state index is 0.0331. The fourth-order valence-corrected chi connectivity index (χ4v) is 5.35. The molecule has 1 amide bonds. The van der Waals surface area contributed by atoms with Crippen LogP contribution in [-0.2, 0) is 27.4 Å². The minimum Gasteiger partial charge on any atom is -0.484 e. The summed E-state index contributed by atoms with van der Waals surface area (Å²) >= 11 is 8.28. The van der Waals surface area contributed by atoms with Gasteiger partial charge in [0.15, 0.2) is 11.0 Å². The van der Waals surface area contributed by atoms with Gasteiger partial charge in [0.1, 0.15) is 22.2 Å². The van der Waals surface area contributed by atoms with Crippen molar-refractivity contribution in [2.24, 2.45) is 0 Å². The maximum Gasteiger partial charge on any atom is 0.348 e. The number of hydrogen-bond acceptors (Lipinski definition) is 10. The van der Waals surface area contributed by atoms with Gasteiger partial charge in [-0.15, -0.1) is 28.1 Å². The predicted octanol–water partition coefficient (Wildman–Crippen LogP) is 5.15. The molecular weight excluding hydrogens is 552 g/mol. The zero-order valence-electron chi connectivity index (χ0n) is 21.1. The van der Waals surface area contributed by atoms with E-state index in [1.165, 1.54) is 0 Å². The van der Waals surface area contributed by atoms with Crippen LogP contribution in [0.3, 0.4) is 0 Å². The first-order valence-electron chi connectivity index (χ1n) is 11.6. The van der Waals surface area contributed by atoms with Crippen molar-refractivity contribution < 1.29 is 28.6 Å². The molecule has 0 fully saturated rings. The van der Waals surface area contributed by atoms with Crippen LogP contribution in [-0.4, -0.2) is 51.6 Å². The van der Waals surface area contributed by atoms with E-state index in [-0.39, 0.29) is 41.0 Å². The largest absolute Gasteiger partial charge is 0.484 e.